The van der Waals surface area contributed by atoms with E-state index in [4.69, 9.17) is 0 Å². The molecule has 1 aromatic heterocycles. The minimum absolute atomic E-state index is 0.0413. The van der Waals surface area contributed by atoms with E-state index in [9.17, 15) is 4.79 Å². The van der Waals surface area contributed by atoms with E-state index in [1.807, 2.05) is 19.9 Å². The molecule has 0 saturated heterocycles. The molecule has 0 aromatic carbocycles. The molecule has 1 aromatic rings. The Morgan fingerprint density at radius 3 is 2.74 bits per heavy atom. The lowest BCUT2D eigenvalue weighted by Gasteiger charge is -2.26. The van der Waals surface area contributed by atoms with Gasteiger partial charge in [-0.1, -0.05) is 0 Å². The smallest absolute Gasteiger partial charge is 0.255 e. The second-order valence-electron chi connectivity index (χ2n) is 5.85. The number of nitrogens with one attached hydrogen (secondary N) is 2. The van der Waals surface area contributed by atoms with E-state index in [0.29, 0.717) is 11.5 Å². The molecule has 2 rings (SSSR count). The summed E-state index contributed by atoms with van der Waals surface area (Å²) in [5.41, 5.74) is 2.26. The first-order chi connectivity index (χ1) is 8.94. The van der Waals surface area contributed by atoms with Gasteiger partial charge >= 0.3 is 0 Å². The summed E-state index contributed by atoms with van der Waals surface area (Å²) in [7, 11) is 0. The minimum Gasteiger partial charge on any atom is -0.385 e. The number of pyridine rings is 1. The summed E-state index contributed by atoms with van der Waals surface area (Å²) in [4.78, 5) is 16.6. The first-order valence-corrected chi connectivity index (χ1v) is 6.97. The predicted molar refractivity (Wildman–Crippen MR) is 77.4 cm³/mol. The molecule has 0 bridgehead atoms. The van der Waals surface area contributed by atoms with Crippen molar-refractivity contribution < 1.29 is 4.79 Å². The van der Waals surface area contributed by atoms with E-state index >= 15 is 0 Å². The first kappa shape index (κ1) is 13.8. The summed E-state index contributed by atoms with van der Waals surface area (Å²) < 4.78 is 0. The van der Waals surface area contributed by atoms with Crippen LogP contribution in [0, 0.1) is 12.8 Å². The Labute approximate surface area is 115 Å². The molecule has 104 valence electrons. The van der Waals surface area contributed by atoms with Gasteiger partial charge in [0.15, 0.2) is 0 Å². The number of carbonyl (C=O) groups is 1. The molecular formula is C15H23N3O. The lowest BCUT2D eigenvalue weighted by Crippen LogP contribution is -2.45. The zero-order valence-electron chi connectivity index (χ0n) is 12.2. The van der Waals surface area contributed by atoms with Crippen LogP contribution in [-0.4, -0.2) is 23.0 Å². The maximum atomic E-state index is 12.4. The molecule has 0 aliphatic heterocycles. The van der Waals surface area contributed by atoms with Gasteiger partial charge in [0.2, 0.25) is 0 Å². The average Bonchev–Trinajstić information content (AvgIpc) is 3.12. The predicted octanol–water partition coefficient (Wildman–Crippen LogP) is 2.74. The summed E-state index contributed by atoms with van der Waals surface area (Å²) in [6.45, 7) is 8.92. The highest BCUT2D eigenvalue weighted by Crippen LogP contribution is 2.39. The maximum absolute atomic E-state index is 12.4. The Morgan fingerprint density at radius 1 is 1.47 bits per heavy atom. The Kier molecular flexibility index (Phi) is 3.78. The maximum Gasteiger partial charge on any atom is 0.255 e. The molecule has 1 amide bonds. The van der Waals surface area contributed by atoms with Crippen LogP contribution in [0.1, 0.15) is 49.7 Å². The van der Waals surface area contributed by atoms with Gasteiger partial charge in [0.1, 0.15) is 0 Å². The van der Waals surface area contributed by atoms with Crippen LogP contribution < -0.4 is 10.6 Å². The van der Waals surface area contributed by atoms with Gasteiger partial charge in [-0.3, -0.25) is 9.78 Å². The second-order valence-corrected chi connectivity index (χ2v) is 5.85. The van der Waals surface area contributed by atoms with Crippen LogP contribution in [0.4, 0.5) is 5.69 Å². The quantitative estimate of drug-likeness (QED) is 0.857. The molecule has 19 heavy (non-hydrogen) atoms. The number of aryl methyl sites for hydroxylation is 1. The van der Waals surface area contributed by atoms with E-state index < -0.39 is 0 Å². The third kappa shape index (κ3) is 3.25. The largest absolute Gasteiger partial charge is 0.385 e. The number of rotatable bonds is 5. The van der Waals surface area contributed by atoms with E-state index in [2.05, 4.69) is 29.5 Å². The number of aromatic nitrogens is 1. The van der Waals surface area contributed by atoms with Crippen molar-refractivity contribution in [2.75, 3.05) is 11.9 Å². The third-order valence-electron chi connectivity index (χ3n) is 3.69. The normalized spacial score (nSPS) is 15.2. The number of amides is 1. The molecule has 4 heteroatoms. The number of nitrogens with zero attached hydrogens (tertiary/aromatic N) is 1. The monoisotopic (exact) mass is 261 g/mol. The SMILES string of the molecule is CCNc1cc(C)ncc1C(=O)NC(C)(C)C1CC1. The van der Waals surface area contributed by atoms with Crippen molar-refractivity contribution in [1.29, 1.82) is 0 Å². The topological polar surface area (TPSA) is 54.0 Å². The van der Waals surface area contributed by atoms with Crippen LogP contribution in [0.25, 0.3) is 0 Å². The van der Waals surface area contributed by atoms with Crippen LogP contribution in [0.3, 0.4) is 0 Å². The zero-order chi connectivity index (χ0) is 14.0. The number of carbonyl (C=O) groups excluding carboxylic acids is 1. The molecule has 0 spiro atoms. The Hall–Kier alpha value is -1.58. The van der Waals surface area contributed by atoms with Gasteiger partial charge in [0.25, 0.3) is 5.91 Å². The molecule has 1 aliphatic carbocycles. The molecule has 4 nitrogen and oxygen atoms in total. The number of hydrogen-bond donors (Lipinski definition) is 2. The van der Waals surface area contributed by atoms with Crippen LogP contribution in [-0.2, 0) is 0 Å². The van der Waals surface area contributed by atoms with Gasteiger partial charge in [-0.05, 0) is 52.5 Å². The fourth-order valence-corrected chi connectivity index (χ4v) is 2.34. The van der Waals surface area contributed by atoms with Crippen LogP contribution >= 0.6 is 0 Å². The van der Waals surface area contributed by atoms with E-state index in [0.717, 1.165) is 17.9 Å². The van der Waals surface area contributed by atoms with Gasteiger partial charge in [-0.2, -0.15) is 0 Å². The standard InChI is InChI=1S/C15H23N3O/c1-5-16-13-8-10(2)17-9-12(13)14(19)18-15(3,4)11-6-7-11/h8-9,11H,5-7H2,1-4H3,(H,16,17)(H,18,19). The lowest BCUT2D eigenvalue weighted by molar-refractivity contribution is 0.0904. The van der Waals surface area contributed by atoms with Crippen LogP contribution in [0.15, 0.2) is 12.3 Å². The summed E-state index contributed by atoms with van der Waals surface area (Å²) in [5.74, 6) is 0.567. The summed E-state index contributed by atoms with van der Waals surface area (Å²) >= 11 is 0. The molecular weight excluding hydrogens is 238 g/mol. The summed E-state index contributed by atoms with van der Waals surface area (Å²) in [5, 5.41) is 6.36. The molecule has 2 N–H and O–H groups in total. The van der Waals surface area contributed by atoms with Crippen molar-refractivity contribution >= 4 is 11.6 Å². The van der Waals surface area contributed by atoms with Gasteiger partial charge < -0.3 is 10.6 Å². The Balaban J connectivity index is 2.18. The van der Waals surface area contributed by atoms with Crippen molar-refractivity contribution in [1.82, 2.24) is 10.3 Å². The molecule has 1 fully saturated rings. The third-order valence-corrected chi connectivity index (χ3v) is 3.69. The van der Waals surface area contributed by atoms with Crippen molar-refractivity contribution in [3.8, 4) is 0 Å². The second kappa shape index (κ2) is 5.19. The highest BCUT2D eigenvalue weighted by atomic mass is 16.1. The van der Waals surface area contributed by atoms with Gasteiger partial charge in [0.05, 0.1) is 11.3 Å². The van der Waals surface area contributed by atoms with Crippen LogP contribution in [0.2, 0.25) is 0 Å². The van der Waals surface area contributed by atoms with Crippen molar-refractivity contribution in [3.05, 3.63) is 23.5 Å². The van der Waals surface area contributed by atoms with Gasteiger partial charge in [-0.15, -0.1) is 0 Å². The number of anilines is 1. The molecule has 1 aliphatic rings. The Bertz CT molecular complexity index is 478. The van der Waals surface area contributed by atoms with E-state index in [1.165, 1.54) is 12.8 Å². The van der Waals surface area contributed by atoms with E-state index in [-0.39, 0.29) is 11.4 Å². The van der Waals surface area contributed by atoms with Gasteiger partial charge in [-0.25, -0.2) is 0 Å². The minimum atomic E-state index is -0.133. The summed E-state index contributed by atoms with van der Waals surface area (Å²) in [6.07, 6.45) is 4.07. The molecule has 0 radical (unpaired) electrons. The average molecular weight is 261 g/mol. The molecule has 0 atom stereocenters. The van der Waals surface area contributed by atoms with E-state index in [1.54, 1.807) is 6.20 Å². The number of hydrogen-bond acceptors (Lipinski definition) is 3. The lowest BCUT2D eigenvalue weighted by atomic mass is 9.98. The van der Waals surface area contributed by atoms with Gasteiger partial charge in [0, 0.05) is 24.0 Å². The van der Waals surface area contributed by atoms with Crippen molar-refractivity contribution in [3.63, 3.8) is 0 Å². The highest BCUT2D eigenvalue weighted by Gasteiger charge is 2.39. The Morgan fingerprint density at radius 2 is 2.16 bits per heavy atom. The fourth-order valence-electron chi connectivity index (χ4n) is 2.34. The van der Waals surface area contributed by atoms with Crippen molar-refractivity contribution in [2.45, 2.75) is 46.1 Å². The molecule has 1 saturated carbocycles. The molecule has 1 heterocycles. The molecule has 0 unspecified atom stereocenters. The van der Waals surface area contributed by atoms with Crippen LogP contribution in [0.5, 0.6) is 0 Å². The van der Waals surface area contributed by atoms with Crippen molar-refractivity contribution in [2.24, 2.45) is 5.92 Å². The zero-order valence-corrected chi connectivity index (χ0v) is 12.2. The highest BCUT2D eigenvalue weighted by molar-refractivity contribution is 5.99. The fraction of sp³-hybridized carbons (Fsp3) is 0.600. The first-order valence-electron chi connectivity index (χ1n) is 6.97. The summed E-state index contributed by atoms with van der Waals surface area (Å²) in [6, 6.07) is 1.92.